The van der Waals surface area contributed by atoms with E-state index in [1.54, 1.807) is 0 Å². The van der Waals surface area contributed by atoms with Crippen LogP contribution in [0.1, 0.15) is 45.4 Å². The predicted octanol–water partition coefficient (Wildman–Crippen LogP) is 1.42. The Morgan fingerprint density at radius 1 is 1.07 bits per heavy atom. The second kappa shape index (κ2) is 8.20. The molecule has 0 aliphatic rings. The molecule has 0 atom stereocenters. The summed E-state index contributed by atoms with van der Waals surface area (Å²) in [6.45, 7) is 2.59. The van der Waals surface area contributed by atoms with Gasteiger partial charge < -0.3 is 0 Å². The van der Waals surface area contributed by atoms with E-state index in [9.17, 15) is 8.42 Å². The van der Waals surface area contributed by atoms with Gasteiger partial charge in [0.15, 0.2) is 0 Å². The first-order valence-electron chi connectivity index (χ1n) is 5.24. The normalized spacial score (nSPS) is 11.9. The Labute approximate surface area is 87.7 Å². The Hall–Kier alpha value is -0.130. The van der Waals surface area contributed by atoms with Crippen LogP contribution in [-0.4, -0.2) is 22.0 Å². The summed E-state index contributed by atoms with van der Waals surface area (Å²) in [7, 11) is -1.97. The van der Waals surface area contributed by atoms with Crippen LogP contribution in [0.2, 0.25) is 0 Å². The van der Waals surface area contributed by atoms with E-state index in [1.807, 2.05) is 0 Å². The smallest absolute Gasteiger partial charge is 0.204 e. The molecular formula is C9H21N2O2S. The summed E-state index contributed by atoms with van der Waals surface area (Å²) in [4.78, 5) is 0. The molecule has 1 radical (unpaired) electrons. The van der Waals surface area contributed by atoms with Crippen LogP contribution >= 0.6 is 0 Å². The van der Waals surface area contributed by atoms with Gasteiger partial charge in [0.05, 0.1) is 0 Å². The Kier molecular flexibility index (Phi) is 8.12. The van der Waals surface area contributed by atoms with E-state index in [-0.39, 0.29) is 0 Å². The van der Waals surface area contributed by atoms with Crippen molar-refractivity contribution >= 4 is 10.2 Å². The molecule has 0 saturated heterocycles. The van der Waals surface area contributed by atoms with E-state index in [1.165, 1.54) is 32.7 Å². The summed E-state index contributed by atoms with van der Waals surface area (Å²) in [6.07, 6.45) is 6.87. The van der Waals surface area contributed by atoms with Crippen LogP contribution in [0.25, 0.3) is 0 Å². The fourth-order valence-electron chi connectivity index (χ4n) is 1.14. The summed E-state index contributed by atoms with van der Waals surface area (Å²) in [5, 5.41) is 0. The van der Waals surface area contributed by atoms with Gasteiger partial charge in [0, 0.05) is 13.6 Å². The second-order valence-electron chi connectivity index (χ2n) is 3.30. The molecule has 0 saturated carbocycles. The Bertz CT molecular complexity index is 215. The first-order valence-corrected chi connectivity index (χ1v) is 6.68. The molecule has 5 heteroatoms. The highest BCUT2D eigenvalue weighted by molar-refractivity contribution is 7.87. The zero-order chi connectivity index (χ0) is 10.9. The molecule has 0 bridgehead atoms. The maximum absolute atomic E-state index is 10.9. The average molecular weight is 221 g/mol. The average Bonchev–Trinajstić information content (AvgIpc) is 2.16. The van der Waals surface area contributed by atoms with E-state index in [2.05, 4.69) is 16.4 Å². The molecule has 85 valence electrons. The van der Waals surface area contributed by atoms with Gasteiger partial charge in [0.25, 0.3) is 10.2 Å². The van der Waals surface area contributed by atoms with Crippen molar-refractivity contribution in [2.75, 3.05) is 13.6 Å². The Morgan fingerprint density at radius 2 is 1.64 bits per heavy atom. The summed E-state index contributed by atoms with van der Waals surface area (Å²) in [5.74, 6) is 0. The van der Waals surface area contributed by atoms with Gasteiger partial charge in [-0.25, -0.2) is 4.72 Å². The largest absolute Gasteiger partial charge is 0.293 e. The number of nitrogens with one attached hydrogen (secondary N) is 1. The van der Waals surface area contributed by atoms with Crippen molar-refractivity contribution < 1.29 is 8.42 Å². The molecule has 0 aliphatic heterocycles. The standard InChI is InChI=1S/C9H21N2O2S/c1-3-4-5-6-7-8-9-11-14(12,13)10-2/h10H,3-9H2,1-2H3. The first-order chi connectivity index (χ1) is 6.62. The van der Waals surface area contributed by atoms with Gasteiger partial charge in [-0.1, -0.05) is 39.0 Å². The quantitative estimate of drug-likeness (QED) is 0.598. The molecule has 0 spiro atoms. The minimum Gasteiger partial charge on any atom is -0.204 e. The van der Waals surface area contributed by atoms with Gasteiger partial charge >= 0.3 is 0 Å². The van der Waals surface area contributed by atoms with Crippen molar-refractivity contribution in [2.24, 2.45) is 0 Å². The molecule has 0 aromatic heterocycles. The fourth-order valence-corrected chi connectivity index (χ4v) is 1.64. The van der Waals surface area contributed by atoms with Crippen LogP contribution in [-0.2, 0) is 10.2 Å². The molecule has 0 rings (SSSR count). The van der Waals surface area contributed by atoms with Crippen LogP contribution in [0, 0.1) is 0 Å². The van der Waals surface area contributed by atoms with Crippen LogP contribution in [0.5, 0.6) is 0 Å². The third kappa shape index (κ3) is 8.47. The summed E-state index contributed by atoms with van der Waals surface area (Å²) < 4.78 is 27.4. The highest BCUT2D eigenvalue weighted by atomic mass is 32.2. The molecule has 0 aromatic carbocycles. The minimum atomic E-state index is -3.34. The molecule has 0 heterocycles. The Balaban J connectivity index is 3.22. The molecular weight excluding hydrogens is 200 g/mol. The van der Waals surface area contributed by atoms with Gasteiger partial charge in [-0.3, -0.25) is 0 Å². The third-order valence-corrected chi connectivity index (χ3v) is 3.07. The van der Waals surface area contributed by atoms with Crippen molar-refractivity contribution in [3.05, 3.63) is 0 Å². The Morgan fingerprint density at radius 3 is 2.21 bits per heavy atom. The van der Waals surface area contributed by atoms with E-state index < -0.39 is 10.2 Å². The van der Waals surface area contributed by atoms with Gasteiger partial charge in [-0.15, -0.1) is 4.72 Å². The summed E-state index contributed by atoms with van der Waals surface area (Å²) in [6, 6.07) is 0. The second-order valence-corrected chi connectivity index (χ2v) is 4.92. The monoisotopic (exact) mass is 221 g/mol. The number of hydrogen-bond acceptors (Lipinski definition) is 2. The SMILES string of the molecule is CCCCCCCC[N]S(=O)(=O)NC. The van der Waals surface area contributed by atoms with Crippen LogP contribution < -0.4 is 9.44 Å². The number of nitrogens with zero attached hydrogens (tertiary/aromatic N) is 1. The summed E-state index contributed by atoms with van der Waals surface area (Å²) in [5.41, 5.74) is 0. The predicted molar refractivity (Wildman–Crippen MR) is 58.4 cm³/mol. The van der Waals surface area contributed by atoms with Crippen LogP contribution in [0.15, 0.2) is 0 Å². The highest BCUT2D eigenvalue weighted by Crippen LogP contribution is 2.04. The molecule has 4 nitrogen and oxygen atoms in total. The lowest BCUT2D eigenvalue weighted by molar-refractivity contribution is 0.559. The zero-order valence-electron chi connectivity index (χ0n) is 9.12. The minimum absolute atomic E-state index is 0.412. The van der Waals surface area contributed by atoms with Gasteiger partial charge in [-0.05, 0) is 6.42 Å². The molecule has 0 fully saturated rings. The van der Waals surface area contributed by atoms with E-state index in [4.69, 9.17) is 0 Å². The molecule has 0 unspecified atom stereocenters. The van der Waals surface area contributed by atoms with Crippen molar-refractivity contribution in [2.45, 2.75) is 45.4 Å². The molecule has 14 heavy (non-hydrogen) atoms. The van der Waals surface area contributed by atoms with Crippen molar-refractivity contribution in [3.8, 4) is 0 Å². The maximum atomic E-state index is 10.9. The third-order valence-electron chi connectivity index (χ3n) is 2.03. The molecule has 1 N–H and O–H groups in total. The highest BCUT2D eigenvalue weighted by Gasteiger charge is 2.05. The zero-order valence-corrected chi connectivity index (χ0v) is 9.94. The number of rotatable bonds is 9. The van der Waals surface area contributed by atoms with E-state index in [0.29, 0.717) is 6.54 Å². The number of hydrogen-bond donors (Lipinski definition) is 1. The molecule has 0 amide bonds. The topological polar surface area (TPSA) is 60.3 Å². The lowest BCUT2D eigenvalue weighted by Gasteiger charge is -2.02. The van der Waals surface area contributed by atoms with Gasteiger partial charge in [0.1, 0.15) is 0 Å². The van der Waals surface area contributed by atoms with Crippen LogP contribution in [0.3, 0.4) is 0 Å². The number of unbranched alkanes of at least 4 members (excludes halogenated alkanes) is 5. The van der Waals surface area contributed by atoms with Gasteiger partial charge in [0.2, 0.25) is 0 Å². The molecule has 0 aliphatic carbocycles. The van der Waals surface area contributed by atoms with E-state index >= 15 is 0 Å². The van der Waals surface area contributed by atoms with E-state index in [0.717, 1.165) is 12.8 Å². The maximum Gasteiger partial charge on any atom is 0.293 e. The lowest BCUT2D eigenvalue weighted by atomic mass is 10.1. The first kappa shape index (κ1) is 13.9. The van der Waals surface area contributed by atoms with Crippen molar-refractivity contribution in [3.63, 3.8) is 0 Å². The fraction of sp³-hybridized carbons (Fsp3) is 1.00. The van der Waals surface area contributed by atoms with Crippen LogP contribution in [0.4, 0.5) is 0 Å². The lowest BCUT2D eigenvalue weighted by Crippen LogP contribution is -2.28. The van der Waals surface area contributed by atoms with Gasteiger partial charge in [-0.2, -0.15) is 8.42 Å². The van der Waals surface area contributed by atoms with Crippen molar-refractivity contribution in [1.29, 1.82) is 0 Å². The molecule has 0 aromatic rings. The summed E-state index contributed by atoms with van der Waals surface area (Å²) >= 11 is 0. The van der Waals surface area contributed by atoms with Crippen molar-refractivity contribution in [1.82, 2.24) is 9.44 Å².